The van der Waals surface area contributed by atoms with Gasteiger partial charge in [0.25, 0.3) is 0 Å². The third kappa shape index (κ3) is 2.27. The van der Waals surface area contributed by atoms with E-state index in [0.29, 0.717) is 5.56 Å². The Labute approximate surface area is 97.2 Å². The van der Waals surface area contributed by atoms with Crippen molar-refractivity contribution in [3.8, 4) is 0 Å². The average molecular weight is 240 g/mol. The van der Waals surface area contributed by atoms with E-state index in [1.54, 1.807) is 0 Å². The summed E-state index contributed by atoms with van der Waals surface area (Å²) in [6, 6.07) is 0. The lowest BCUT2D eigenvalue weighted by molar-refractivity contribution is 0.531. The van der Waals surface area contributed by atoms with Gasteiger partial charge in [-0.05, 0) is 28.5 Å². The quantitative estimate of drug-likeness (QED) is 0.472. The molecule has 0 aliphatic heterocycles. The molecule has 0 fully saturated rings. The van der Waals surface area contributed by atoms with E-state index in [-0.39, 0.29) is 16.7 Å². The molecule has 0 heterocycles. The Hall–Kier alpha value is 0.0749. The number of hydrogen-bond donors (Lipinski definition) is 0. The highest BCUT2D eigenvalue weighted by Gasteiger charge is 2.24. The summed E-state index contributed by atoms with van der Waals surface area (Å²) in [5, 5.41) is 1.88. The van der Waals surface area contributed by atoms with E-state index in [1.807, 2.05) is 27.7 Å². The molecule has 1 aromatic carbocycles. The summed E-state index contributed by atoms with van der Waals surface area (Å²) in [6.07, 6.45) is 0. The van der Waals surface area contributed by atoms with Gasteiger partial charge in [0.15, 0.2) is 0 Å². The molecular formula is C11H16BFP2. The van der Waals surface area contributed by atoms with Crippen LogP contribution in [0.4, 0.5) is 4.39 Å². The number of rotatable bonds is 0. The second-order valence-electron chi connectivity index (χ2n) is 4.81. The Balaban J connectivity index is 3.68. The van der Waals surface area contributed by atoms with Gasteiger partial charge in [-0.2, -0.15) is 0 Å². The topological polar surface area (TPSA) is 0 Å². The maximum Gasteiger partial charge on any atom is 0.120 e. The first kappa shape index (κ1) is 13.1. The average Bonchev–Trinajstić information content (AvgIpc) is 2.09. The molecule has 0 amide bonds. The van der Waals surface area contributed by atoms with Gasteiger partial charge in [0.1, 0.15) is 13.7 Å². The van der Waals surface area contributed by atoms with Crippen molar-refractivity contribution in [1.29, 1.82) is 0 Å². The van der Waals surface area contributed by atoms with Gasteiger partial charge in [0.2, 0.25) is 0 Å². The van der Waals surface area contributed by atoms with Crippen LogP contribution in [-0.4, -0.2) is 7.85 Å². The molecule has 0 spiro atoms. The van der Waals surface area contributed by atoms with Crippen LogP contribution in [0.2, 0.25) is 0 Å². The standard InChI is InChI=1S/C11H16BFP2/c1-5-7(12)8(13)6(11(2,3)4)10(15)9(5)14/h14-15H2,1-4H3. The molecule has 2 unspecified atom stereocenters. The van der Waals surface area contributed by atoms with Crippen LogP contribution < -0.4 is 16.1 Å². The highest BCUT2D eigenvalue weighted by Crippen LogP contribution is 2.24. The molecule has 80 valence electrons. The summed E-state index contributed by atoms with van der Waals surface area (Å²) < 4.78 is 14.1. The predicted molar refractivity (Wildman–Crippen MR) is 73.9 cm³/mol. The van der Waals surface area contributed by atoms with Crippen molar-refractivity contribution in [3.63, 3.8) is 0 Å². The Bertz CT molecular complexity index is 379. The normalized spacial score (nSPS) is 11.9. The SMILES string of the molecule is [B]c1c(C)c(P)c(P)c(C(C)(C)C)c1F. The van der Waals surface area contributed by atoms with E-state index in [1.165, 1.54) is 0 Å². The minimum atomic E-state index is -0.281. The molecule has 0 saturated heterocycles. The molecule has 0 N–H and O–H groups in total. The molecule has 0 aromatic heterocycles. The van der Waals surface area contributed by atoms with Gasteiger partial charge in [0, 0.05) is 5.56 Å². The monoisotopic (exact) mass is 240 g/mol. The summed E-state index contributed by atoms with van der Waals surface area (Å²) in [5.74, 6) is -0.281. The fraction of sp³-hybridized carbons (Fsp3) is 0.455. The Morgan fingerprint density at radius 2 is 1.60 bits per heavy atom. The van der Waals surface area contributed by atoms with Crippen molar-refractivity contribution in [2.45, 2.75) is 33.1 Å². The van der Waals surface area contributed by atoms with E-state index in [4.69, 9.17) is 7.85 Å². The molecular weight excluding hydrogens is 224 g/mol. The third-order valence-electron chi connectivity index (χ3n) is 2.57. The molecule has 15 heavy (non-hydrogen) atoms. The first-order chi connectivity index (χ1) is 6.68. The molecule has 0 saturated carbocycles. The zero-order valence-electron chi connectivity index (χ0n) is 9.61. The van der Waals surface area contributed by atoms with Crippen LogP contribution in [-0.2, 0) is 5.41 Å². The first-order valence-electron chi connectivity index (χ1n) is 4.81. The predicted octanol–water partition coefficient (Wildman–Crippen LogP) is 1.23. The minimum absolute atomic E-state index is 0.242. The van der Waals surface area contributed by atoms with Crippen LogP contribution in [0.3, 0.4) is 0 Å². The van der Waals surface area contributed by atoms with Gasteiger partial charge in [-0.3, -0.25) is 0 Å². The summed E-state index contributed by atoms with van der Waals surface area (Å²) in [4.78, 5) is 0. The van der Waals surface area contributed by atoms with Crippen molar-refractivity contribution >= 4 is 42.4 Å². The molecule has 2 atom stereocenters. The summed E-state index contributed by atoms with van der Waals surface area (Å²) in [6.45, 7) is 7.79. The number of benzene rings is 1. The minimum Gasteiger partial charge on any atom is -0.207 e. The maximum absolute atomic E-state index is 14.1. The number of hydrogen-bond acceptors (Lipinski definition) is 0. The Morgan fingerprint density at radius 3 is 2.00 bits per heavy atom. The van der Waals surface area contributed by atoms with Crippen molar-refractivity contribution in [2.24, 2.45) is 0 Å². The van der Waals surface area contributed by atoms with Crippen LogP contribution >= 0.6 is 18.5 Å². The first-order valence-corrected chi connectivity index (χ1v) is 5.96. The van der Waals surface area contributed by atoms with Gasteiger partial charge in [-0.25, -0.2) is 4.39 Å². The molecule has 1 rings (SSSR count). The van der Waals surface area contributed by atoms with Gasteiger partial charge >= 0.3 is 0 Å². The molecule has 0 aliphatic rings. The lowest BCUT2D eigenvalue weighted by atomic mass is 9.80. The van der Waals surface area contributed by atoms with Gasteiger partial charge in [-0.15, -0.1) is 18.5 Å². The lowest BCUT2D eigenvalue weighted by Gasteiger charge is -2.26. The highest BCUT2D eigenvalue weighted by atomic mass is 31.0. The van der Waals surface area contributed by atoms with Crippen LogP contribution in [0.15, 0.2) is 0 Å². The molecule has 2 radical (unpaired) electrons. The molecule has 1 aromatic rings. The molecule has 0 nitrogen and oxygen atoms in total. The second kappa shape index (κ2) is 4.15. The van der Waals surface area contributed by atoms with E-state index in [0.717, 1.165) is 16.2 Å². The van der Waals surface area contributed by atoms with Crippen LogP contribution in [0.1, 0.15) is 31.9 Å². The summed E-state index contributed by atoms with van der Waals surface area (Å²) >= 11 is 0. The van der Waals surface area contributed by atoms with Gasteiger partial charge in [0.05, 0.1) is 0 Å². The molecule has 4 heteroatoms. The van der Waals surface area contributed by atoms with Crippen LogP contribution in [0.25, 0.3) is 0 Å². The Morgan fingerprint density at radius 1 is 1.13 bits per heavy atom. The Kier molecular flexibility index (Phi) is 3.64. The number of halogens is 1. The zero-order chi connectivity index (χ0) is 12.0. The lowest BCUT2D eigenvalue weighted by Crippen LogP contribution is -2.36. The van der Waals surface area contributed by atoms with Crippen molar-refractivity contribution in [2.75, 3.05) is 0 Å². The van der Waals surface area contributed by atoms with Gasteiger partial charge in [-0.1, -0.05) is 26.2 Å². The fourth-order valence-electron chi connectivity index (χ4n) is 1.63. The molecule has 0 aliphatic carbocycles. The third-order valence-corrected chi connectivity index (χ3v) is 4.25. The summed E-state index contributed by atoms with van der Waals surface area (Å²) in [7, 11) is 11.0. The second-order valence-corrected chi connectivity index (χ2v) is 5.96. The van der Waals surface area contributed by atoms with Crippen molar-refractivity contribution in [3.05, 3.63) is 16.9 Å². The maximum atomic E-state index is 14.1. The van der Waals surface area contributed by atoms with E-state index in [9.17, 15) is 4.39 Å². The van der Waals surface area contributed by atoms with Crippen molar-refractivity contribution in [1.82, 2.24) is 0 Å². The summed E-state index contributed by atoms with van der Waals surface area (Å²) in [5.41, 5.74) is 1.50. The van der Waals surface area contributed by atoms with Crippen LogP contribution in [0, 0.1) is 12.7 Å². The fourth-order valence-corrected chi connectivity index (χ4v) is 2.71. The van der Waals surface area contributed by atoms with Gasteiger partial charge < -0.3 is 0 Å². The van der Waals surface area contributed by atoms with Crippen LogP contribution in [0.5, 0.6) is 0 Å². The smallest absolute Gasteiger partial charge is 0.120 e. The largest absolute Gasteiger partial charge is 0.207 e. The van der Waals surface area contributed by atoms with E-state index >= 15 is 0 Å². The molecule has 0 bridgehead atoms. The zero-order valence-corrected chi connectivity index (χ0v) is 11.9. The highest BCUT2D eigenvalue weighted by molar-refractivity contribution is 7.36. The van der Waals surface area contributed by atoms with E-state index in [2.05, 4.69) is 18.5 Å². The van der Waals surface area contributed by atoms with Crippen molar-refractivity contribution < 1.29 is 4.39 Å². The van der Waals surface area contributed by atoms with E-state index < -0.39 is 0 Å².